The molecule has 0 aliphatic carbocycles. The van der Waals surface area contributed by atoms with E-state index in [1.165, 1.54) is 13.3 Å². The molecule has 0 aliphatic rings. The second-order valence-electron chi connectivity index (χ2n) is 2.93. The lowest BCUT2D eigenvalue weighted by molar-refractivity contribution is -0.275. The number of aliphatic hydroxyl groups excluding tert-OH is 1. The molecule has 4 nitrogen and oxygen atoms in total. The van der Waals surface area contributed by atoms with Gasteiger partial charge in [-0.05, 0) is 0 Å². The number of halogens is 4. The van der Waals surface area contributed by atoms with Crippen molar-refractivity contribution in [2.75, 3.05) is 7.11 Å². The zero-order valence-corrected chi connectivity index (χ0v) is 10.3. The summed E-state index contributed by atoms with van der Waals surface area (Å²) in [4.78, 5) is 3.75. The maximum absolute atomic E-state index is 12.2. The second kappa shape index (κ2) is 5.54. The van der Waals surface area contributed by atoms with E-state index >= 15 is 0 Å². The largest absolute Gasteiger partial charge is 0.573 e. The lowest BCUT2D eigenvalue weighted by Crippen LogP contribution is -2.19. The van der Waals surface area contributed by atoms with Crippen LogP contribution in [0.3, 0.4) is 0 Å². The Morgan fingerprint density at radius 3 is 2.47 bits per heavy atom. The van der Waals surface area contributed by atoms with Crippen molar-refractivity contribution in [3.8, 4) is 11.5 Å². The van der Waals surface area contributed by atoms with Gasteiger partial charge in [0.25, 0.3) is 0 Å². The second-order valence-corrected chi connectivity index (χ2v) is 3.49. The first-order chi connectivity index (χ1) is 7.92. The standard InChI is InChI=1S/C9H9BrF3NO3/c1-16-7-5(4-15)3-14-6(2-10)8(7)17-9(11,12)13/h3,15H,2,4H2,1H3. The molecular formula is C9H9BrF3NO3. The van der Waals surface area contributed by atoms with Crippen LogP contribution in [0.4, 0.5) is 13.2 Å². The molecule has 0 radical (unpaired) electrons. The minimum atomic E-state index is -4.85. The Balaban J connectivity index is 3.30. The predicted octanol–water partition coefficient (Wildman–Crippen LogP) is 2.38. The van der Waals surface area contributed by atoms with Gasteiger partial charge in [-0.3, -0.25) is 4.98 Å². The maximum atomic E-state index is 12.2. The van der Waals surface area contributed by atoms with Crippen molar-refractivity contribution in [1.29, 1.82) is 0 Å². The highest BCUT2D eigenvalue weighted by molar-refractivity contribution is 9.08. The van der Waals surface area contributed by atoms with Crippen LogP contribution >= 0.6 is 15.9 Å². The minimum Gasteiger partial charge on any atom is -0.492 e. The van der Waals surface area contributed by atoms with Crippen LogP contribution in [0.25, 0.3) is 0 Å². The SMILES string of the molecule is COc1c(CO)cnc(CBr)c1OC(F)(F)F. The van der Waals surface area contributed by atoms with Gasteiger partial charge >= 0.3 is 6.36 Å². The Kier molecular flexibility index (Phi) is 4.58. The molecule has 0 fully saturated rings. The summed E-state index contributed by atoms with van der Waals surface area (Å²) in [5.41, 5.74) is 0.160. The molecule has 0 aliphatic heterocycles. The summed E-state index contributed by atoms with van der Waals surface area (Å²) >= 11 is 3.00. The van der Waals surface area contributed by atoms with Gasteiger partial charge in [0.15, 0.2) is 11.5 Å². The van der Waals surface area contributed by atoms with Gasteiger partial charge in [0.05, 0.1) is 19.4 Å². The number of nitrogens with zero attached hydrogens (tertiary/aromatic N) is 1. The first kappa shape index (κ1) is 14.0. The summed E-state index contributed by atoms with van der Waals surface area (Å²) in [6.07, 6.45) is -3.61. The third kappa shape index (κ3) is 3.47. The first-order valence-corrected chi connectivity index (χ1v) is 5.52. The van der Waals surface area contributed by atoms with E-state index in [1.54, 1.807) is 0 Å². The predicted molar refractivity (Wildman–Crippen MR) is 56.0 cm³/mol. The van der Waals surface area contributed by atoms with Crippen molar-refractivity contribution in [3.63, 3.8) is 0 Å². The van der Waals surface area contributed by atoms with Crippen LogP contribution in [0.2, 0.25) is 0 Å². The van der Waals surface area contributed by atoms with E-state index in [9.17, 15) is 13.2 Å². The number of aromatic nitrogens is 1. The molecular weight excluding hydrogens is 307 g/mol. The van der Waals surface area contributed by atoms with Crippen molar-refractivity contribution in [1.82, 2.24) is 4.98 Å². The highest BCUT2D eigenvalue weighted by Crippen LogP contribution is 2.37. The fraction of sp³-hybridized carbons (Fsp3) is 0.444. The molecule has 0 spiro atoms. The van der Waals surface area contributed by atoms with Crippen molar-refractivity contribution in [3.05, 3.63) is 17.5 Å². The molecule has 1 aromatic heterocycles. The highest BCUT2D eigenvalue weighted by Gasteiger charge is 2.34. The number of methoxy groups -OCH3 is 1. The number of pyridine rings is 1. The third-order valence-corrected chi connectivity index (χ3v) is 2.39. The number of ether oxygens (including phenoxy) is 2. The molecule has 96 valence electrons. The summed E-state index contributed by atoms with van der Waals surface area (Å²) in [5, 5.41) is 9.04. The molecule has 0 unspecified atom stereocenters. The van der Waals surface area contributed by atoms with Gasteiger partial charge in [0, 0.05) is 17.1 Å². The number of hydrogen-bond acceptors (Lipinski definition) is 4. The zero-order valence-electron chi connectivity index (χ0n) is 8.71. The van der Waals surface area contributed by atoms with Crippen LogP contribution in [0.5, 0.6) is 11.5 Å². The van der Waals surface area contributed by atoms with Crippen LogP contribution < -0.4 is 9.47 Å². The van der Waals surface area contributed by atoms with Gasteiger partial charge in [0.1, 0.15) is 0 Å². The van der Waals surface area contributed by atoms with Crippen molar-refractivity contribution < 1.29 is 27.8 Å². The Hall–Kier alpha value is -1.02. The van der Waals surface area contributed by atoms with E-state index in [2.05, 4.69) is 25.7 Å². The molecule has 0 amide bonds. The van der Waals surface area contributed by atoms with Crippen molar-refractivity contribution in [2.24, 2.45) is 0 Å². The molecule has 1 heterocycles. The first-order valence-electron chi connectivity index (χ1n) is 4.40. The van der Waals surface area contributed by atoms with Gasteiger partial charge in [-0.15, -0.1) is 13.2 Å². The van der Waals surface area contributed by atoms with E-state index in [1.807, 2.05) is 0 Å². The highest BCUT2D eigenvalue weighted by atomic mass is 79.9. The quantitative estimate of drug-likeness (QED) is 0.867. The molecule has 0 saturated carbocycles. The molecule has 1 aromatic rings. The van der Waals surface area contributed by atoms with E-state index in [-0.39, 0.29) is 22.3 Å². The lowest BCUT2D eigenvalue weighted by Gasteiger charge is -2.16. The number of alkyl halides is 4. The molecule has 0 atom stereocenters. The van der Waals surface area contributed by atoms with Crippen LogP contribution in [-0.2, 0) is 11.9 Å². The average molecular weight is 316 g/mol. The third-order valence-electron chi connectivity index (χ3n) is 1.86. The summed E-state index contributed by atoms with van der Waals surface area (Å²) in [7, 11) is 1.19. The summed E-state index contributed by atoms with van der Waals surface area (Å²) in [6, 6.07) is 0. The summed E-state index contributed by atoms with van der Waals surface area (Å²) in [5.74, 6) is -0.710. The fourth-order valence-electron chi connectivity index (χ4n) is 1.20. The Bertz CT molecular complexity index is 398. The van der Waals surface area contributed by atoms with E-state index in [4.69, 9.17) is 9.84 Å². The molecule has 0 aromatic carbocycles. The van der Waals surface area contributed by atoms with Gasteiger partial charge in [-0.1, -0.05) is 15.9 Å². The van der Waals surface area contributed by atoms with E-state index < -0.39 is 18.7 Å². The van der Waals surface area contributed by atoms with Crippen LogP contribution in [0.1, 0.15) is 11.3 Å². The molecule has 1 N–H and O–H groups in total. The monoisotopic (exact) mass is 315 g/mol. The number of aliphatic hydroxyl groups is 1. The lowest BCUT2D eigenvalue weighted by atomic mass is 10.2. The zero-order chi connectivity index (χ0) is 13.1. The van der Waals surface area contributed by atoms with E-state index in [0.717, 1.165) is 0 Å². The van der Waals surface area contributed by atoms with E-state index in [0.29, 0.717) is 0 Å². The number of rotatable bonds is 4. The summed E-state index contributed by atoms with van der Waals surface area (Å²) < 4.78 is 45.3. The molecule has 0 saturated heterocycles. The van der Waals surface area contributed by atoms with Crippen LogP contribution in [-0.4, -0.2) is 23.6 Å². The smallest absolute Gasteiger partial charge is 0.492 e. The van der Waals surface area contributed by atoms with Gasteiger partial charge < -0.3 is 14.6 Å². The fourth-order valence-corrected chi connectivity index (χ4v) is 1.60. The summed E-state index contributed by atoms with van der Waals surface area (Å²) in [6.45, 7) is -0.493. The Morgan fingerprint density at radius 1 is 1.41 bits per heavy atom. The van der Waals surface area contributed by atoms with Crippen LogP contribution in [0, 0.1) is 0 Å². The van der Waals surface area contributed by atoms with Crippen LogP contribution in [0.15, 0.2) is 6.20 Å². The molecule has 1 rings (SSSR count). The molecule has 0 bridgehead atoms. The minimum absolute atomic E-state index is 0.0383. The van der Waals surface area contributed by atoms with Gasteiger partial charge in [-0.2, -0.15) is 0 Å². The topological polar surface area (TPSA) is 51.6 Å². The van der Waals surface area contributed by atoms with Crippen molar-refractivity contribution in [2.45, 2.75) is 18.3 Å². The van der Waals surface area contributed by atoms with Gasteiger partial charge in [0.2, 0.25) is 0 Å². The number of hydrogen-bond donors (Lipinski definition) is 1. The normalized spacial score (nSPS) is 11.4. The Morgan fingerprint density at radius 2 is 2.06 bits per heavy atom. The molecule has 17 heavy (non-hydrogen) atoms. The van der Waals surface area contributed by atoms with Crippen molar-refractivity contribution >= 4 is 15.9 Å². The Labute approximate surface area is 103 Å². The maximum Gasteiger partial charge on any atom is 0.573 e. The molecule has 8 heteroatoms. The van der Waals surface area contributed by atoms with Gasteiger partial charge in [-0.25, -0.2) is 0 Å². The average Bonchev–Trinajstić information content (AvgIpc) is 2.26.